The lowest BCUT2D eigenvalue weighted by molar-refractivity contribution is -0.385. The highest BCUT2D eigenvalue weighted by Crippen LogP contribution is 2.47. The highest BCUT2D eigenvalue weighted by molar-refractivity contribution is 7.89. The molecule has 8 nitrogen and oxygen atoms in total. The molecule has 0 amide bonds. The summed E-state index contributed by atoms with van der Waals surface area (Å²) in [5.41, 5.74) is 0.917. The average molecular weight is 391 g/mol. The zero-order valence-corrected chi connectivity index (χ0v) is 15.7. The Kier molecular flexibility index (Phi) is 5.07. The van der Waals surface area contributed by atoms with Crippen LogP contribution >= 0.6 is 0 Å². The molecule has 0 aromatic heterocycles. The zero-order valence-electron chi connectivity index (χ0n) is 14.8. The molecule has 3 rings (SSSR count). The van der Waals surface area contributed by atoms with Gasteiger partial charge in [0.15, 0.2) is 0 Å². The topological polar surface area (TPSA) is 125 Å². The maximum atomic E-state index is 11.6. The van der Waals surface area contributed by atoms with Gasteiger partial charge < -0.3 is 10.1 Å². The summed E-state index contributed by atoms with van der Waals surface area (Å²) in [5.74, 6) is 0.795. The van der Waals surface area contributed by atoms with Crippen LogP contribution < -0.4 is 15.2 Å². The lowest BCUT2D eigenvalue weighted by atomic mass is 9.64. The molecule has 0 radical (unpaired) electrons. The number of para-hydroxylation sites is 1. The molecule has 0 unspecified atom stereocenters. The summed E-state index contributed by atoms with van der Waals surface area (Å²) in [4.78, 5) is 10.2. The van der Waals surface area contributed by atoms with Gasteiger partial charge in [0.1, 0.15) is 5.75 Å². The standard InChI is InChI=1S/C18H21N3O5S/c1-26-17-6-3-2-5-16(17)18(7-4-8-18)12-20-13-9-14(21(22)23)11-15(10-13)27(19,24)25/h2-3,5-6,9-11,20H,4,7-8,12H2,1H3,(H2,19,24,25). The van der Waals surface area contributed by atoms with Gasteiger partial charge in [-0.25, -0.2) is 13.6 Å². The van der Waals surface area contributed by atoms with Crippen molar-refractivity contribution in [1.29, 1.82) is 0 Å². The number of nitrogens with zero attached hydrogens (tertiary/aromatic N) is 1. The van der Waals surface area contributed by atoms with Crippen LogP contribution in [0.5, 0.6) is 5.75 Å². The van der Waals surface area contributed by atoms with Crippen LogP contribution in [-0.2, 0) is 15.4 Å². The maximum absolute atomic E-state index is 11.6. The number of sulfonamides is 1. The van der Waals surface area contributed by atoms with Crippen molar-refractivity contribution in [3.05, 3.63) is 58.1 Å². The molecule has 0 heterocycles. The molecule has 0 bridgehead atoms. The summed E-state index contributed by atoms with van der Waals surface area (Å²) >= 11 is 0. The minimum Gasteiger partial charge on any atom is -0.496 e. The number of nitro groups is 1. The molecule has 0 saturated heterocycles. The first kappa shape index (κ1) is 19.1. The van der Waals surface area contributed by atoms with E-state index in [4.69, 9.17) is 9.88 Å². The SMILES string of the molecule is COc1ccccc1C1(CNc2cc([N+](=O)[O-])cc(S(N)(=O)=O)c2)CCC1. The Morgan fingerprint density at radius 1 is 1.26 bits per heavy atom. The highest BCUT2D eigenvalue weighted by atomic mass is 32.2. The summed E-state index contributed by atoms with van der Waals surface area (Å²) in [6.45, 7) is 0.499. The molecular weight excluding hydrogens is 370 g/mol. The second kappa shape index (κ2) is 7.16. The first-order chi connectivity index (χ1) is 12.7. The predicted molar refractivity (Wildman–Crippen MR) is 101 cm³/mol. The van der Waals surface area contributed by atoms with Gasteiger partial charge in [-0.2, -0.15) is 0 Å². The van der Waals surface area contributed by atoms with Gasteiger partial charge in [-0.1, -0.05) is 24.6 Å². The molecule has 0 atom stereocenters. The number of anilines is 1. The number of hydrogen-bond acceptors (Lipinski definition) is 6. The van der Waals surface area contributed by atoms with Crippen LogP contribution in [0.25, 0.3) is 0 Å². The van der Waals surface area contributed by atoms with E-state index < -0.39 is 14.9 Å². The van der Waals surface area contributed by atoms with Crippen molar-refractivity contribution < 1.29 is 18.1 Å². The largest absolute Gasteiger partial charge is 0.496 e. The average Bonchev–Trinajstić information content (AvgIpc) is 2.60. The number of nitro benzene ring substituents is 1. The molecule has 9 heteroatoms. The lowest BCUT2D eigenvalue weighted by Gasteiger charge is -2.43. The van der Waals surface area contributed by atoms with Crippen LogP contribution in [0.15, 0.2) is 47.4 Å². The third-order valence-corrected chi connectivity index (χ3v) is 5.94. The van der Waals surface area contributed by atoms with E-state index in [1.54, 1.807) is 7.11 Å². The molecular formula is C18H21N3O5S. The highest BCUT2D eigenvalue weighted by Gasteiger charge is 2.40. The number of nitrogens with two attached hydrogens (primary N) is 1. The summed E-state index contributed by atoms with van der Waals surface area (Å²) < 4.78 is 28.8. The van der Waals surface area contributed by atoms with Crippen LogP contribution in [0.4, 0.5) is 11.4 Å². The first-order valence-electron chi connectivity index (χ1n) is 8.45. The molecule has 2 aromatic carbocycles. The number of nitrogens with one attached hydrogen (secondary N) is 1. The van der Waals surface area contributed by atoms with E-state index in [2.05, 4.69) is 5.32 Å². The van der Waals surface area contributed by atoms with Gasteiger partial charge in [0.2, 0.25) is 10.0 Å². The summed E-state index contributed by atoms with van der Waals surface area (Å²) in [6.07, 6.45) is 2.95. The lowest BCUT2D eigenvalue weighted by Crippen LogP contribution is -2.41. The molecule has 0 aliphatic heterocycles. The van der Waals surface area contributed by atoms with Crippen LogP contribution in [0.2, 0.25) is 0 Å². The zero-order chi connectivity index (χ0) is 19.7. The molecule has 2 aromatic rings. The summed E-state index contributed by atoms with van der Waals surface area (Å²) in [5, 5.41) is 19.4. The van der Waals surface area contributed by atoms with Crippen LogP contribution in [0.3, 0.4) is 0 Å². The van der Waals surface area contributed by atoms with Gasteiger partial charge in [-0.3, -0.25) is 10.1 Å². The Balaban J connectivity index is 1.91. The van der Waals surface area contributed by atoms with E-state index in [0.717, 1.165) is 36.6 Å². The fraction of sp³-hybridized carbons (Fsp3) is 0.333. The van der Waals surface area contributed by atoms with Gasteiger partial charge >= 0.3 is 0 Å². The smallest absolute Gasteiger partial charge is 0.272 e. The van der Waals surface area contributed by atoms with Gasteiger partial charge in [0.25, 0.3) is 5.69 Å². The van der Waals surface area contributed by atoms with Crippen molar-refractivity contribution in [3.63, 3.8) is 0 Å². The van der Waals surface area contributed by atoms with Gasteiger partial charge in [0, 0.05) is 35.3 Å². The molecule has 0 spiro atoms. The monoisotopic (exact) mass is 391 g/mol. The quantitative estimate of drug-likeness (QED) is 0.552. The van der Waals surface area contributed by atoms with E-state index in [1.165, 1.54) is 12.1 Å². The Morgan fingerprint density at radius 3 is 2.52 bits per heavy atom. The van der Waals surface area contributed by atoms with Crippen molar-refractivity contribution in [2.75, 3.05) is 19.0 Å². The normalized spacial score (nSPS) is 15.6. The Morgan fingerprint density at radius 2 is 1.96 bits per heavy atom. The molecule has 1 saturated carbocycles. The number of ether oxygens (including phenoxy) is 1. The van der Waals surface area contributed by atoms with Crippen molar-refractivity contribution in [2.45, 2.75) is 29.6 Å². The van der Waals surface area contributed by atoms with Gasteiger partial charge in [0.05, 0.1) is 16.9 Å². The Bertz CT molecular complexity index is 971. The van der Waals surface area contributed by atoms with Crippen LogP contribution in [-0.4, -0.2) is 27.0 Å². The number of methoxy groups -OCH3 is 1. The second-order valence-corrected chi connectivity index (χ2v) is 8.27. The Labute approximate surface area is 157 Å². The van der Waals surface area contributed by atoms with Gasteiger partial charge in [-0.05, 0) is 25.0 Å². The minimum absolute atomic E-state index is 0.168. The summed E-state index contributed by atoms with van der Waals surface area (Å²) in [6, 6.07) is 11.4. The molecule has 27 heavy (non-hydrogen) atoms. The van der Waals surface area contributed by atoms with E-state index in [9.17, 15) is 18.5 Å². The molecule has 1 aliphatic rings. The van der Waals surface area contributed by atoms with Crippen LogP contribution in [0.1, 0.15) is 24.8 Å². The van der Waals surface area contributed by atoms with E-state index in [1.807, 2.05) is 24.3 Å². The van der Waals surface area contributed by atoms with E-state index in [0.29, 0.717) is 12.2 Å². The number of non-ortho nitro benzene ring substituents is 1. The maximum Gasteiger partial charge on any atom is 0.272 e. The number of rotatable bonds is 7. The van der Waals surface area contributed by atoms with Crippen molar-refractivity contribution in [2.24, 2.45) is 5.14 Å². The Hall–Kier alpha value is -2.65. The van der Waals surface area contributed by atoms with Gasteiger partial charge in [-0.15, -0.1) is 0 Å². The fourth-order valence-electron chi connectivity index (χ4n) is 3.45. The van der Waals surface area contributed by atoms with Crippen molar-refractivity contribution in [3.8, 4) is 5.75 Å². The minimum atomic E-state index is -4.05. The van der Waals surface area contributed by atoms with E-state index >= 15 is 0 Å². The molecule has 1 aliphatic carbocycles. The number of hydrogen-bond donors (Lipinski definition) is 2. The van der Waals surface area contributed by atoms with Crippen molar-refractivity contribution >= 4 is 21.4 Å². The third kappa shape index (κ3) is 3.88. The second-order valence-electron chi connectivity index (χ2n) is 6.71. The molecule has 3 N–H and O–H groups in total. The van der Waals surface area contributed by atoms with Crippen molar-refractivity contribution in [1.82, 2.24) is 0 Å². The predicted octanol–water partition coefficient (Wildman–Crippen LogP) is 2.78. The third-order valence-electron chi connectivity index (χ3n) is 5.05. The number of benzene rings is 2. The molecule has 1 fully saturated rings. The molecule has 144 valence electrons. The van der Waals surface area contributed by atoms with E-state index in [-0.39, 0.29) is 16.0 Å². The number of primary sulfonamides is 1. The summed E-state index contributed by atoms with van der Waals surface area (Å²) in [7, 11) is -2.43. The first-order valence-corrected chi connectivity index (χ1v) is 9.99. The van der Waals surface area contributed by atoms with Crippen LogP contribution in [0, 0.1) is 10.1 Å². The fourth-order valence-corrected chi connectivity index (χ4v) is 4.03.